The fourth-order valence-corrected chi connectivity index (χ4v) is 3.76. The minimum atomic E-state index is -0.239. The Balaban J connectivity index is 0.00000256. The van der Waals surface area contributed by atoms with Gasteiger partial charge in [0.1, 0.15) is 11.4 Å². The Labute approximate surface area is 194 Å². The summed E-state index contributed by atoms with van der Waals surface area (Å²) < 4.78 is 8.02. The molecule has 7 heteroatoms. The molecule has 0 fully saturated rings. The fraction of sp³-hybridized carbons (Fsp3) is 0.304. The van der Waals surface area contributed by atoms with Crippen molar-refractivity contribution in [1.29, 1.82) is 0 Å². The highest BCUT2D eigenvalue weighted by atomic mass is 127. The van der Waals surface area contributed by atoms with E-state index in [4.69, 9.17) is 4.74 Å². The van der Waals surface area contributed by atoms with E-state index in [1.165, 1.54) is 0 Å². The first kappa shape index (κ1) is 22.1. The van der Waals surface area contributed by atoms with Crippen molar-refractivity contribution in [2.75, 3.05) is 7.05 Å². The largest absolute Gasteiger partial charge is 0.487 e. The van der Waals surface area contributed by atoms with E-state index in [-0.39, 0.29) is 35.6 Å². The highest BCUT2D eigenvalue weighted by Gasteiger charge is 2.33. The molecule has 0 saturated heterocycles. The van der Waals surface area contributed by atoms with Crippen LogP contribution in [-0.2, 0) is 6.54 Å². The van der Waals surface area contributed by atoms with E-state index in [1.54, 1.807) is 13.2 Å². The standard InChI is InChI=1S/C23H27N5O.HI/c1-23(2)15-19(18-10-5-7-12-21(18)29-23)27-22(24-3)25-16-17-9-4-6-11-20(17)28-14-8-13-26-28;/h4-14,19H,15-16H2,1-3H3,(H2,24,25,27);1H. The van der Waals surface area contributed by atoms with Crippen LogP contribution in [0.5, 0.6) is 5.75 Å². The number of benzene rings is 2. The van der Waals surface area contributed by atoms with Gasteiger partial charge in [-0.3, -0.25) is 4.99 Å². The summed E-state index contributed by atoms with van der Waals surface area (Å²) in [4.78, 5) is 4.44. The fourth-order valence-electron chi connectivity index (χ4n) is 3.76. The minimum absolute atomic E-state index is 0. The molecule has 4 rings (SSSR count). The van der Waals surface area contributed by atoms with Gasteiger partial charge in [0, 0.05) is 38.0 Å². The third kappa shape index (κ3) is 4.95. The molecule has 0 aliphatic carbocycles. The predicted molar refractivity (Wildman–Crippen MR) is 131 cm³/mol. The van der Waals surface area contributed by atoms with Crippen molar-refractivity contribution < 1.29 is 4.74 Å². The second-order valence-electron chi connectivity index (χ2n) is 7.81. The summed E-state index contributed by atoms with van der Waals surface area (Å²) in [6, 6.07) is 18.5. The number of para-hydroxylation sites is 2. The first-order valence-corrected chi connectivity index (χ1v) is 9.89. The lowest BCUT2D eigenvalue weighted by molar-refractivity contribution is 0.0694. The number of guanidine groups is 1. The number of hydrogen-bond acceptors (Lipinski definition) is 3. The monoisotopic (exact) mass is 517 g/mol. The summed E-state index contributed by atoms with van der Waals surface area (Å²) in [5.41, 5.74) is 3.12. The van der Waals surface area contributed by atoms with Crippen molar-refractivity contribution >= 4 is 29.9 Å². The zero-order valence-corrected chi connectivity index (χ0v) is 19.8. The molecule has 1 aromatic heterocycles. The molecule has 158 valence electrons. The van der Waals surface area contributed by atoms with Gasteiger partial charge in [-0.1, -0.05) is 36.4 Å². The van der Waals surface area contributed by atoms with Crippen molar-refractivity contribution in [3.63, 3.8) is 0 Å². The number of ether oxygens (including phenoxy) is 1. The maximum absolute atomic E-state index is 6.14. The molecule has 1 aliphatic heterocycles. The molecule has 2 aromatic carbocycles. The number of fused-ring (bicyclic) bond motifs is 1. The zero-order valence-electron chi connectivity index (χ0n) is 17.5. The SMILES string of the molecule is CN=C(NCc1ccccc1-n1cccn1)NC1CC(C)(C)Oc2ccccc21.I. The van der Waals surface area contributed by atoms with Gasteiger partial charge in [-0.2, -0.15) is 5.10 Å². The minimum Gasteiger partial charge on any atom is -0.487 e. The number of nitrogens with zero attached hydrogens (tertiary/aromatic N) is 3. The Morgan fingerprint density at radius 2 is 1.93 bits per heavy atom. The lowest BCUT2D eigenvalue weighted by Crippen LogP contribution is -2.45. The molecule has 6 nitrogen and oxygen atoms in total. The number of nitrogens with one attached hydrogen (secondary N) is 2. The van der Waals surface area contributed by atoms with Crippen LogP contribution in [-0.4, -0.2) is 28.4 Å². The Hall–Kier alpha value is -2.55. The van der Waals surface area contributed by atoms with Gasteiger partial charge in [0.15, 0.2) is 5.96 Å². The first-order valence-electron chi connectivity index (χ1n) is 9.89. The van der Waals surface area contributed by atoms with Crippen molar-refractivity contribution in [3.05, 3.63) is 78.1 Å². The molecule has 1 unspecified atom stereocenters. The van der Waals surface area contributed by atoms with Gasteiger partial charge in [0.05, 0.1) is 11.7 Å². The van der Waals surface area contributed by atoms with E-state index >= 15 is 0 Å². The van der Waals surface area contributed by atoms with Gasteiger partial charge in [0.2, 0.25) is 0 Å². The molecule has 2 heterocycles. The zero-order chi connectivity index (χ0) is 20.3. The Morgan fingerprint density at radius 3 is 2.70 bits per heavy atom. The second kappa shape index (κ2) is 9.51. The molecule has 0 amide bonds. The molecular weight excluding hydrogens is 489 g/mol. The van der Waals surface area contributed by atoms with Gasteiger partial charge in [-0.25, -0.2) is 4.68 Å². The highest BCUT2D eigenvalue weighted by Crippen LogP contribution is 2.39. The number of halogens is 1. The van der Waals surface area contributed by atoms with Gasteiger partial charge < -0.3 is 15.4 Å². The Kier molecular flexibility index (Phi) is 7.02. The molecule has 30 heavy (non-hydrogen) atoms. The number of hydrogen-bond donors (Lipinski definition) is 2. The smallest absolute Gasteiger partial charge is 0.191 e. The molecule has 0 radical (unpaired) electrons. The van der Waals surface area contributed by atoms with Crippen LogP contribution in [0.25, 0.3) is 5.69 Å². The third-order valence-electron chi connectivity index (χ3n) is 5.10. The van der Waals surface area contributed by atoms with Crippen LogP contribution in [0.2, 0.25) is 0 Å². The van der Waals surface area contributed by atoms with Crippen molar-refractivity contribution in [2.45, 2.75) is 38.5 Å². The van der Waals surface area contributed by atoms with Crippen LogP contribution < -0.4 is 15.4 Å². The molecule has 0 spiro atoms. The normalized spacial score (nSPS) is 17.3. The number of aromatic nitrogens is 2. The van der Waals surface area contributed by atoms with E-state index in [0.29, 0.717) is 6.54 Å². The summed E-state index contributed by atoms with van der Waals surface area (Å²) in [7, 11) is 1.80. The van der Waals surface area contributed by atoms with Gasteiger partial charge in [0.25, 0.3) is 0 Å². The molecule has 1 atom stereocenters. The van der Waals surface area contributed by atoms with E-state index in [1.807, 2.05) is 47.3 Å². The van der Waals surface area contributed by atoms with Crippen LogP contribution in [0, 0.1) is 0 Å². The summed E-state index contributed by atoms with van der Waals surface area (Å²) in [6.45, 7) is 4.88. The van der Waals surface area contributed by atoms with Crippen LogP contribution >= 0.6 is 24.0 Å². The third-order valence-corrected chi connectivity index (χ3v) is 5.10. The summed E-state index contributed by atoms with van der Waals surface area (Å²) >= 11 is 0. The lowest BCUT2D eigenvalue weighted by atomic mass is 9.90. The molecule has 1 aliphatic rings. The summed E-state index contributed by atoms with van der Waals surface area (Å²) in [5, 5.41) is 11.4. The number of aliphatic imine (C=N–C) groups is 1. The van der Waals surface area contributed by atoms with E-state index in [0.717, 1.165) is 34.9 Å². The molecule has 0 saturated carbocycles. The van der Waals surface area contributed by atoms with Crippen LogP contribution in [0.15, 0.2) is 72.0 Å². The lowest BCUT2D eigenvalue weighted by Gasteiger charge is -2.38. The van der Waals surface area contributed by atoms with E-state index in [2.05, 4.69) is 52.8 Å². The number of rotatable bonds is 4. The van der Waals surface area contributed by atoms with E-state index < -0.39 is 0 Å². The average Bonchev–Trinajstić information content (AvgIpc) is 3.25. The van der Waals surface area contributed by atoms with Crippen LogP contribution in [0.3, 0.4) is 0 Å². The Morgan fingerprint density at radius 1 is 1.17 bits per heavy atom. The average molecular weight is 517 g/mol. The van der Waals surface area contributed by atoms with Gasteiger partial charge >= 0.3 is 0 Å². The van der Waals surface area contributed by atoms with Crippen molar-refractivity contribution in [1.82, 2.24) is 20.4 Å². The maximum atomic E-state index is 6.14. The maximum Gasteiger partial charge on any atom is 0.191 e. The van der Waals surface area contributed by atoms with Crippen LogP contribution in [0.4, 0.5) is 0 Å². The predicted octanol–water partition coefficient (Wildman–Crippen LogP) is 4.46. The van der Waals surface area contributed by atoms with Crippen molar-refractivity contribution in [3.8, 4) is 11.4 Å². The van der Waals surface area contributed by atoms with Crippen molar-refractivity contribution in [2.24, 2.45) is 4.99 Å². The molecule has 3 aromatic rings. The highest BCUT2D eigenvalue weighted by molar-refractivity contribution is 14.0. The summed E-state index contributed by atoms with van der Waals surface area (Å²) in [5.74, 6) is 1.69. The quantitative estimate of drug-likeness (QED) is 0.305. The first-order chi connectivity index (χ1) is 14.1. The molecule has 2 N–H and O–H groups in total. The summed E-state index contributed by atoms with van der Waals surface area (Å²) in [6.07, 6.45) is 4.59. The van der Waals surface area contributed by atoms with Crippen LogP contribution in [0.1, 0.15) is 37.4 Å². The second-order valence-corrected chi connectivity index (χ2v) is 7.81. The Bertz CT molecular complexity index is 1000. The molecule has 0 bridgehead atoms. The van der Waals surface area contributed by atoms with E-state index in [9.17, 15) is 0 Å². The van der Waals surface area contributed by atoms with Gasteiger partial charge in [-0.15, -0.1) is 24.0 Å². The topological polar surface area (TPSA) is 63.5 Å². The molecular formula is C23H28IN5O. The van der Waals surface area contributed by atoms with Gasteiger partial charge in [-0.05, 0) is 37.6 Å².